The van der Waals surface area contributed by atoms with E-state index in [2.05, 4.69) is 26.6 Å². The van der Waals surface area contributed by atoms with Gasteiger partial charge in [-0.2, -0.15) is 0 Å². The summed E-state index contributed by atoms with van der Waals surface area (Å²) in [6.45, 7) is 1.47. The van der Waals surface area contributed by atoms with E-state index in [0.29, 0.717) is 18.1 Å². The maximum atomic E-state index is 12.5. The molecule has 2 heterocycles. The van der Waals surface area contributed by atoms with Gasteiger partial charge in [-0.05, 0) is 68.4 Å². The predicted octanol–water partition coefficient (Wildman–Crippen LogP) is 3.49. The molecule has 0 fully saturated rings. The standard InChI is InChI=1S/C21H27N5O/c1-26(16-12-18-9-13-22-14-10-18)21(27)19-7-8-20(25-24-19)23-15-11-17-5-3-2-4-6-17/h5,7-10,13-14H,2-4,6,11-12,15-16H2,1H3,(H,23,25). The lowest BCUT2D eigenvalue weighted by atomic mass is 9.97. The van der Waals surface area contributed by atoms with E-state index in [1.807, 2.05) is 18.2 Å². The molecule has 6 nitrogen and oxygen atoms in total. The third-order valence-corrected chi connectivity index (χ3v) is 4.85. The summed E-state index contributed by atoms with van der Waals surface area (Å²) in [4.78, 5) is 18.2. The van der Waals surface area contributed by atoms with E-state index in [1.165, 1.54) is 31.3 Å². The molecule has 0 saturated carbocycles. The molecule has 0 aliphatic heterocycles. The van der Waals surface area contributed by atoms with Crippen molar-refractivity contribution in [3.63, 3.8) is 0 Å². The zero-order valence-corrected chi connectivity index (χ0v) is 15.9. The van der Waals surface area contributed by atoms with Gasteiger partial charge in [-0.25, -0.2) is 0 Å². The molecule has 1 amide bonds. The van der Waals surface area contributed by atoms with Gasteiger partial charge >= 0.3 is 0 Å². The van der Waals surface area contributed by atoms with Gasteiger partial charge in [0, 0.05) is 32.5 Å². The summed E-state index contributed by atoms with van der Waals surface area (Å²) in [5.74, 6) is 0.595. The van der Waals surface area contributed by atoms with Gasteiger partial charge in [-0.15, -0.1) is 10.2 Å². The van der Waals surface area contributed by atoms with E-state index in [4.69, 9.17) is 0 Å². The average Bonchev–Trinajstić information content (AvgIpc) is 2.73. The fraction of sp³-hybridized carbons (Fsp3) is 0.429. The number of hydrogen-bond donors (Lipinski definition) is 1. The monoisotopic (exact) mass is 365 g/mol. The highest BCUT2D eigenvalue weighted by molar-refractivity contribution is 5.92. The predicted molar refractivity (Wildman–Crippen MR) is 107 cm³/mol. The molecule has 142 valence electrons. The molecular formula is C21H27N5O. The van der Waals surface area contributed by atoms with Gasteiger partial charge in [-0.1, -0.05) is 11.6 Å². The number of nitrogens with zero attached hydrogens (tertiary/aromatic N) is 4. The molecule has 0 spiro atoms. The van der Waals surface area contributed by atoms with Crippen LogP contribution in [0.4, 0.5) is 5.82 Å². The van der Waals surface area contributed by atoms with E-state index < -0.39 is 0 Å². The molecular weight excluding hydrogens is 338 g/mol. The van der Waals surface area contributed by atoms with Gasteiger partial charge in [0.2, 0.25) is 0 Å². The number of likely N-dealkylation sites (N-methyl/N-ethyl adjacent to an activating group) is 1. The van der Waals surface area contributed by atoms with Crippen molar-refractivity contribution in [3.8, 4) is 0 Å². The minimum Gasteiger partial charge on any atom is -0.368 e. The number of nitrogens with one attached hydrogen (secondary N) is 1. The molecule has 1 aliphatic rings. The van der Waals surface area contributed by atoms with Crippen LogP contribution in [0.1, 0.15) is 48.2 Å². The summed E-state index contributed by atoms with van der Waals surface area (Å²) in [5.41, 5.74) is 3.06. The number of amides is 1. The van der Waals surface area contributed by atoms with Crippen molar-refractivity contribution < 1.29 is 4.79 Å². The van der Waals surface area contributed by atoms with Crippen molar-refractivity contribution in [2.24, 2.45) is 0 Å². The van der Waals surface area contributed by atoms with Crippen LogP contribution in [0, 0.1) is 0 Å². The Balaban J connectivity index is 1.45. The maximum absolute atomic E-state index is 12.5. The summed E-state index contributed by atoms with van der Waals surface area (Å²) in [6, 6.07) is 7.48. The molecule has 0 radical (unpaired) electrons. The molecule has 0 saturated heterocycles. The lowest BCUT2D eigenvalue weighted by Crippen LogP contribution is -2.29. The highest BCUT2D eigenvalue weighted by atomic mass is 16.2. The minimum atomic E-state index is -0.115. The Labute approximate surface area is 160 Å². The van der Waals surface area contributed by atoms with Crippen molar-refractivity contribution in [1.82, 2.24) is 20.1 Å². The van der Waals surface area contributed by atoms with Crippen molar-refractivity contribution in [2.45, 2.75) is 38.5 Å². The fourth-order valence-corrected chi connectivity index (χ4v) is 3.17. The quantitative estimate of drug-likeness (QED) is 0.725. The van der Waals surface area contributed by atoms with Crippen LogP contribution >= 0.6 is 0 Å². The van der Waals surface area contributed by atoms with Gasteiger partial charge in [0.1, 0.15) is 5.82 Å². The van der Waals surface area contributed by atoms with Crippen molar-refractivity contribution in [2.75, 3.05) is 25.5 Å². The van der Waals surface area contributed by atoms with Crippen LogP contribution in [0.25, 0.3) is 0 Å². The molecule has 27 heavy (non-hydrogen) atoms. The van der Waals surface area contributed by atoms with E-state index in [0.717, 1.165) is 24.9 Å². The molecule has 2 aromatic rings. The second kappa shape index (κ2) is 9.80. The minimum absolute atomic E-state index is 0.115. The van der Waals surface area contributed by atoms with E-state index >= 15 is 0 Å². The molecule has 0 aromatic carbocycles. The summed E-state index contributed by atoms with van der Waals surface area (Å²) in [7, 11) is 1.79. The lowest BCUT2D eigenvalue weighted by molar-refractivity contribution is 0.0789. The molecule has 0 atom stereocenters. The second-order valence-electron chi connectivity index (χ2n) is 6.92. The van der Waals surface area contributed by atoms with E-state index in [-0.39, 0.29) is 5.91 Å². The van der Waals surface area contributed by atoms with Gasteiger partial charge in [0.05, 0.1) is 0 Å². The maximum Gasteiger partial charge on any atom is 0.274 e. The first kappa shape index (κ1) is 19.0. The fourth-order valence-electron chi connectivity index (χ4n) is 3.17. The normalized spacial score (nSPS) is 13.7. The van der Waals surface area contributed by atoms with Gasteiger partial charge in [-0.3, -0.25) is 9.78 Å². The number of carbonyl (C=O) groups excluding carboxylic acids is 1. The van der Waals surface area contributed by atoms with Crippen LogP contribution in [0.5, 0.6) is 0 Å². The Morgan fingerprint density at radius 2 is 1.96 bits per heavy atom. The molecule has 0 bridgehead atoms. The number of anilines is 1. The first-order valence-electron chi connectivity index (χ1n) is 9.62. The number of carbonyl (C=O) groups is 1. The topological polar surface area (TPSA) is 71.0 Å². The molecule has 1 aliphatic carbocycles. The highest BCUT2D eigenvalue weighted by Gasteiger charge is 2.14. The summed E-state index contributed by atoms with van der Waals surface area (Å²) in [5, 5.41) is 11.5. The first-order chi connectivity index (χ1) is 13.2. The van der Waals surface area contributed by atoms with Gasteiger partial charge in [0.15, 0.2) is 5.69 Å². The van der Waals surface area contributed by atoms with Crippen LogP contribution in [0.2, 0.25) is 0 Å². The van der Waals surface area contributed by atoms with Gasteiger partial charge < -0.3 is 10.2 Å². The number of allylic oxidation sites excluding steroid dienone is 1. The third-order valence-electron chi connectivity index (χ3n) is 4.85. The van der Waals surface area contributed by atoms with Crippen molar-refractivity contribution >= 4 is 11.7 Å². The Bertz CT molecular complexity index is 758. The van der Waals surface area contributed by atoms with Gasteiger partial charge in [0.25, 0.3) is 5.91 Å². The summed E-state index contributed by atoms with van der Waals surface area (Å²) in [6.07, 6.45) is 12.8. The van der Waals surface area contributed by atoms with Crippen LogP contribution in [0.3, 0.4) is 0 Å². The molecule has 2 aromatic heterocycles. The van der Waals surface area contributed by atoms with Crippen LogP contribution in [-0.4, -0.2) is 46.1 Å². The number of pyridine rings is 1. The zero-order chi connectivity index (χ0) is 18.9. The van der Waals surface area contributed by atoms with Crippen LogP contribution in [-0.2, 0) is 6.42 Å². The number of hydrogen-bond acceptors (Lipinski definition) is 5. The summed E-state index contributed by atoms with van der Waals surface area (Å²) < 4.78 is 0. The molecule has 3 rings (SSSR count). The van der Waals surface area contributed by atoms with E-state index in [1.54, 1.807) is 30.4 Å². The summed E-state index contributed by atoms with van der Waals surface area (Å²) >= 11 is 0. The smallest absolute Gasteiger partial charge is 0.274 e. The highest BCUT2D eigenvalue weighted by Crippen LogP contribution is 2.19. The first-order valence-corrected chi connectivity index (χ1v) is 9.62. The lowest BCUT2D eigenvalue weighted by Gasteiger charge is -2.16. The Morgan fingerprint density at radius 1 is 1.11 bits per heavy atom. The van der Waals surface area contributed by atoms with Crippen molar-refractivity contribution in [1.29, 1.82) is 0 Å². The zero-order valence-electron chi connectivity index (χ0n) is 15.9. The largest absolute Gasteiger partial charge is 0.368 e. The molecule has 6 heteroatoms. The van der Waals surface area contributed by atoms with Crippen LogP contribution in [0.15, 0.2) is 48.3 Å². The number of rotatable bonds is 8. The Kier molecular flexibility index (Phi) is 6.90. The van der Waals surface area contributed by atoms with Crippen molar-refractivity contribution in [3.05, 3.63) is 59.6 Å². The van der Waals surface area contributed by atoms with Crippen LogP contribution < -0.4 is 5.32 Å². The molecule has 1 N–H and O–H groups in total. The second-order valence-corrected chi connectivity index (χ2v) is 6.92. The Morgan fingerprint density at radius 3 is 2.67 bits per heavy atom. The Hall–Kier alpha value is -2.76. The SMILES string of the molecule is CN(CCc1ccncc1)C(=O)c1ccc(NCCC2=CCCCC2)nn1. The third kappa shape index (κ3) is 5.88. The number of aromatic nitrogens is 3. The molecule has 0 unspecified atom stereocenters. The van der Waals surface area contributed by atoms with E-state index in [9.17, 15) is 4.79 Å². The average molecular weight is 365 g/mol.